The normalized spacial score (nSPS) is 19.6. The van der Waals surface area contributed by atoms with Crippen LogP contribution in [0, 0.1) is 5.92 Å². The molecular formula is C19H33Cl2N3O2. The molecule has 1 heterocycles. The van der Waals surface area contributed by atoms with Crippen molar-refractivity contribution in [2.24, 2.45) is 5.92 Å². The van der Waals surface area contributed by atoms with E-state index < -0.39 is 0 Å². The van der Waals surface area contributed by atoms with Gasteiger partial charge in [-0.15, -0.1) is 24.8 Å². The minimum atomic E-state index is -0.0342. The molecule has 150 valence electrons. The van der Waals surface area contributed by atoms with Crippen LogP contribution in [0.15, 0.2) is 30.3 Å². The van der Waals surface area contributed by atoms with Gasteiger partial charge in [0.2, 0.25) is 5.91 Å². The molecule has 3 unspecified atom stereocenters. The van der Waals surface area contributed by atoms with Crippen LogP contribution < -0.4 is 10.6 Å². The molecule has 1 amide bonds. The molecule has 1 aromatic carbocycles. The van der Waals surface area contributed by atoms with E-state index >= 15 is 0 Å². The first-order valence-corrected chi connectivity index (χ1v) is 8.96. The average molecular weight is 406 g/mol. The first-order valence-electron chi connectivity index (χ1n) is 8.96. The summed E-state index contributed by atoms with van der Waals surface area (Å²) in [7, 11) is 1.87. The number of carbonyl (C=O) groups excluding carboxylic acids is 1. The summed E-state index contributed by atoms with van der Waals surface area (Å²) >= 11 is 0. The van der Waals surface area contributed by atoms with Gasteiger partial charge in [-0.1, -0.05) is 44.2 Å². The minimum Gasteiger partial charge on any atom is -0.373 e. The second-order valence-electron chi connectivity index (χ2n) is 6.61. The van der Waals surface area contributed by atoms with Gasteiger partial charge in [0.1, 0.15) is 0 Å². The highest BCUT2D eigenvalue weighted by Gasteiger charge is 2.29. The van der Waals surface area contributed by atoms with Crippen molar-refractivity contribution in [3.8, 4) is 0 Å². The molecule has 0 bridgehead atoms. The molecule has 3 atom stereocenters. The maximum Gasteiger partial charge on any atom is 0.224 e. The number of nitrogens with zero attached hydrogens (tertiary/aromatic N) is 1. The van der Waals surface area contributed by atoms with E-state index in [1.807, 2.05) is 20.0 Å². The molecule has 0 aromatic heterocycles. The minimum absolute atomic E-state index is 0. The van der Waals surface area contributed by atoms with Crippen LogP contribution in [0.4, 0.5) is 0 Å². The van der Waals surface area contributed by atoms with Gasteiger partial charge in [-0.3, -0.25) is 9.69 Å². The van der Waals surface area contributed by atoms with E-state index in [1.165, 1.54) is 5.56 Å². The largest absolute Gasteiger partial charge is 0.373 e. The van der Waals surface area contributed by atoms with Crippen molar-refractivity contribution in [2.45, 2.75) is 39.0 Å². The van der Waals surface area contributed by atoms with Crippen LogP contribution in [-0.2, 0) is 16.1 Å². The van der Waals surface area contributed by atoms with Crippen LogP contribution in [0.25, 0.3) is 0 Å². The fourth-order valence-corrected chi connectivity index (χ4v) is 3.14. The number of hydrogen-bond acceptors (Lipinski definition) is 4. The highest BCUT2D eigenvalue weighted by molar-refractivity contribution is 5.85. The van der Waals surface area contributed by atoms with E-state index in [9.17, 15) is 4.79 Å². The van der Waals surface area contributed by atoms with Gasteiger partial charge in [0, 0.05) is 32.1 Å². The monoisotopic (exact) mass is 405 g/mol. The number of hydrogen-bond donors (Lipinski definition) is 2. The third kappa shape index (κ3) is 7.80. The van der Waals surface area contributed by atoms with Crippen LogP contribution in [0.3, 0.4) is 0 Å². The Bertz CT molecular complexity index is 505. The first kappa shape index (κ1) is 25.1. The van der Waals surface area contributed by atoms with Gasteiger partial charge in [0.05, 0.1) is 18.8 Å². The number of amides is 1. The third-order valence-corrected chi connectivity index (χ3v) is 4.60. The Morgan fingerprint density at radius 2 is 2.00 bits per heavy atom. The second kappa shape index (κ2) is 13.3. The average Bonchev–Trinajstić information content (AvgIpc) is 2.60. The third-order valence-electron chi connectivity index (χ3n) is 4.60. The molecule has 26 heavy (non-hydrogen) atoms. The Kier molecular flexibility index (Phi) is 12.9. The van der Waals surface area contributed by atoms with E-state index in [0.717, 1.165) is 32.7 Å². The van der Waals surface area contributed by atoms with Crippen molar-refractivity contribution < 1.29 is 9.53 Å². The summed E-state index contributed by atoms with van der Waals surface area (Å²) < 4.78 is 5.97. The van der Waals surface area contributed by atoms with E-state index in [2.05, 4.69) is 46.7 Å². The molecule has 0 saturated carbocycles. The zero-order valence-corrected chi connectivity index (χ0v) is 17.6. The number of rotatable bonds is 8. The Hall–Kier alpha value is -0.850. The Labute approximate surface area is 170 Å². The van der Waals surface area contributed by atoms with Crippen LogP contribution in [0.1, 0.15) is 25.8 Å². The summed E-state index contributed by atoms with van der Waals surface area (Å²) in [6.45, 7) is 8.18. The topological polar surface area (TPSA) is 53.6 Å². The van der Waals surface area contributed by atoms with Gasteiger partial charge in [0.25, 0.3) is 0 Å². The van der Waals surface area contributed by atoms with Crippen LogP contribution in [0.2, 0.25) is 0 Å². The van der Waals surface area contributed by atoms with E-state index in [-0.39, 0.29) is 48.8 Å². The van der Waals surface area contributed by atoms with Crippen LogP contribution in [0.5, 0.6) is 0 Å². The standard InChI is InChI=1S/C19H31N3O2.2ClH/c1-4-17(21-19(23)15(2)12-20-3)18-14-22(10-11-24-18)13-16-8-6-5-7-9-16;;/h5-9,15,17-18,20H,4,10-14H2,1-3H3,(H,21,23);2*1H. The highest BCUT2D eigenvalue weighted by Crippen LogP contribution is 2.15. The lowest BCUT2D eigenvalue weighted by Crippen LogP contribution is -2.54. The molecule has 2 rings (SSSR count). The summed E-state index contributed by atoms with van der Waals surface area (Å²) in [4.78, 5) is 14.7. The molecule has 1 saturated heterocycles. The first-order chi connectivity index (χ1) is 11.6. The molecule has 5 nitrogen and oxygen atoms in total. The molecular weight excluding hydrogens is 373 g/mol. The number of ether oxygens (including phenoxy) is 1. The van der Waals surface area contributed by atoms with Gasteiger partial charge < -0.3 is 15.4 Å². The van der Waals surface area contributed by atoms with Gasteiger partial charge >= 0.3 is 0 Å². The molecule has 1 aromatic rings. The van der Waals surface area contributed by atoms with Crippen molar-refractivity contribution in [1.82, 2.24) is 15.5 Å². The van der Waals surface area contributed by atoms with Crippen molar-refractivity contribution in [3.05, 3.63) is 35.9 Å². The van der Waals surface area contributed by atoms with E-state index in [0.29, 0.717) is 6.54 Å². The fraction of sp³-hybridized carbons (Fsp3) is 0.632. The smallest absolute Gasteiger partial charge is 0.224 e. The number of nitrogens with one attached hydrogen (secondary N) is 2. The summed E-state index contributed by atoms with van der Waals surface area (Å²) in [5, 5.41) is 6.23. The predicted octanol–water partition coefficient (Wildman–Crippen LogP) is 2.48. The molecule has 0 radical (unpaired) electrons. The quantitative estimate of drug-likeness (QED) is 0.697. The summed E-state index contributed by atoms with van der Waals surface area (Å²) in [5.41, 5.74) is 1.32. The summed E-state index contributed by atoms with van der Waals surface area (Å²) in [6, 6.07) is 10.6. The van der Waals surface area contributed by atoms with Gasteiger partial charge in [0.15, 0.2) is 0 Å². The lowest BCUT2D eigenvalue weighted by molar-refractivity contribution is -0.127. The predicted molar refractivity (Wildman–Crippen MR) is 111 cm³/mol. The molecule has 0 aliphatic carbocycles. The van der Waals surface area contributed by atoms with Crippen LogP contribution in [-0.4, -0.2) is 56.2 Å². The van der Waals surface area contributed by atoms with Crippen molar-refractivity contribution in [1.29, 1.82) is 0 Å². The summed E-state index contributed by atoms with van der Waals surface area (Å²) in [6.07, 6.45) is 0.931. The molecule has 0 spiro atoms. The Morgan fingerprint density at radius 3 is 2.62 bits per heavy atom. The van der Waals surface area contributed by atoms with Gasteiger partial charge in [-0.05, 0) is 19.0 Å². The Balaban J connectivity index is 0.00000312. The molecule has 2 N–H and O–H groups in total. The number of benzene rings is 1. The molecule has 1 aliphatic heterocycles. The van der Waals surface area contributed by atoms with Crippen molar-refractivity contribution in [2.75, 3.05) is 33.3 Å². The van der Waals surface area contributed by atoms with Gasteiger partial charge in [-0.25, -0.2) is 0 Å². The van der Waals surface area contributed by atoms with Gasteiger partial charge in [-0.2, -0.15) is 0 Å². The number of morpholine rings is 1. The molecule has 1 fully saturated rings. The van der Waals surface area contributed by atoms with E-state index in [1.54, 1.807) is 0 Å². The SMILES string of the molecule is CCC(NC(=O)C(C)CNC)C1CN(Cc2ccccc2)CCO1.Cl.Cl. The fourth-order valence-electron chi connectivity index (χ4n) is 3.14. The highest BCUT2D eigenvalue weighted by atomic mass is 35.5. The summed E-state index contributed by atoms with van der Waals surface area (Å²) in [5.74, 6) is 0.0630. The lowest BCUT2D eigenvalue weighted by atomic mass is 10.0. The maximum absolute atomic E-state index is 12.3. The van der Waals surface area contributed by atoms with Crippen molar-refractivity contribution >= 4 is 30.7 Å². The van der Waals surface area contributed by atoms with Crippen LogP contribution >= 0.6 is 24.8 Å². The molecule has 1 aliphatic rings. The zero-order valence-electron chi connectivity index (χ0n) is 15.9. The van der Waals surface area contributed by atoms with Crippen molar-refractivity contribution in [3.63, 3.8) is 0 Å². The second-order valence-corrected chi connectivity index (χ2v) is 6.61. The molecule has 7 heteroatoms. The Morgan fingerprint density at radius 1 is 1.31 bits per heavy atom. The maximum atomic E-state index is 12.3. The number of carbonyl (C=O) groups is 1. The zero-order chi connectivity index (χ0) is 17.4. The number of halogens is 2. The van der Waals surface area contributed by atoms with E-state index in [4.69, 9.17) is 4.74 Å². The lowest BCUT2D eigenvalue weighted by Gasteiger charge is -2.37.